The van der Waals surface area contributed by atoms with Crippen molar-refractivity contribution in [2.24, 2.45) is 18.0 Å². The highest BCUT2D eigenvalue weighted by atomic mass is 127. The molecule has 7 nitrogen and oxygen atoms in total. The van der Waals surface area contributed by atoms with Crippen LogP contribution in [0.3, 0.4) is 0 Å². The Hall–Kier alpha value is -0.900. The third-order valence-corrected chi connectivity index (χ3v) is 4.75. The highest BCUT2D eigenvalue weighted by molar-refractivity contribution is 14.0. The van der Waals surface area contributed by atoms with Gasteiger partial charge in [-0.2, -0.15) is 5.10 Å². The van der Waals surface area contributed by atoms with Crippen molar-refractivity contribution in [1.82, 2.24) is 29.9 Å². The van der Waals surface area contributed by atoms with E-state index in [1.807, 2.05) is 21.1 Å². The molecule has 0 amide bonds. The Kier molecular flexibility index (Phi) is 9.57. The summed E-state index contributed by atoms with van der Waals surface area (Å²) in [4.78, 5) is 13.3. The number of aliphatic imine (C=N–C) groups is 1. The molecule has 1 aliphatic heterocycles. The number of guanidine groups is 1. The maximum absolute atomic E-state index is 4.37. The van der Waals surface area contributed by atoms with Gasteiger partial charge >= 0.3 is 0 Å². The van der Waals surface area contributed by atoms with E-state index in [-0.39, 0.29) is 24.0 Å². The van der Waals surface area contributed by atoms with E-state index >= 15 is 0 Å². The molecule has 1 fully saturated rings. The fourth-order valence-electron chi connectivity index (χ4n) is 3.11. The molecule has 1 aromatic heterocycles. The number of piperidine rings is 1. The van der Waals surface area contributed by atoms with Gasteiger partial charge in [0.2, 0.25) is 0 Å². The van der Waals surface area contributed by atoms with E-state index in [0.717, 1.165) is 24.2 Å². The molecule has 0 atom stereocenters. The summed E-state index contributed by atoms with van der Waals surface area (Å²) in [5.41, 5.74) is 0. The second kappa shape index (κ2) is 10.9. The number of nitrogens with one attached hydrogen (secondary N) is 1. The average Bonchev–Trinajstić information content (AvgIpc) is 2.97. The minimum Gasteiger partial charge on any atom is -0.356 e. The average molecular weight is 449 g/mol. The van der Waals surface area contributed by atoms with Crippen molar-refractivity contribution in [3.05, 3.63) is 12.2 Å². The van der Waals surface area contributed by atoms with Gasteiger partial charge in [-0.25, -0.2) is 4.98 Å². The van der Waals surface area contributed by atoms with Crippen molar-refractivity contribution >= 4 is 29.9 Å². The second-order valence-corrected chi connectivity index (χ2v) is 6.30. The van der Waals surface area contributed by atoms with Crippen molar-refractivity contribution in [3.8, 4) is 0 Å². The number of hydrogen-bond acceptors (Lipinski definition) is 4. The number of rotatable bonds is 6. The minimum absolute atomic E-state index is 0. The van der Waals surface area contributed by atoms with E-state index in [0.29, 0.717) is 6.54 Å². The van der Waals surface area contributed by atoms with Gasteiger partial charge < -0.3 is 15.1 Å². The van der Waals surface area contributed by atoms with Gasteiger partial charge in [-0.15, -0.1) is 24.0 Å². The lowest BCUT2D eigenvalue weighted by atomic mass is 9.93. The Morgan fingerprint density at radius 2 is 2.12 bits per heavy atom. The minimum atomic E-state index is 0. The standard InChI is InChI=1S/C16H31N7.HI/c1-5-23-10-7-14(8-11-23)6-9-18-16(17-2)21(3)12-15-19-13-20-22(15)4;/h13-14H,5-12H2,1-4H3,(H,17,18);1H. The van der Waals surface area contributed by atoms with Crippen LogP contribution in [0.5, 0.6) is 0 Å². The van der Waals surface area contributed by atoms with Gasteiger partial charge in [-0.05, 0) is 44.8 Å². The summed E-state index contributed by atoms with van der Waals surface area (Å²) in [6, 6.07) is 0. The molecule has 0 radical (unpaired) electrons. The van der Waals surface area contributed by atoms with Gasteiger partial charge in [0.25, 0.3) is 0 Å². The molecule has 1 N–H and O–H groups in total. The quantitative estimate of drug-likeness (QED) is 0.406. The Bertz CT molecular complexity index is 494. The van der Waals surface area contributed by atoms with Crippen LogP contribution >= 0.6 is 24.0 Å². The van der Waals surface area contributed by atoms with Crippen molar-refractivity contribution in [2.45, 2.75) is 32.7 Å². The first-order valence-corrected chi connectivity index (χ1v) is 8.61. The van der Waals surface area contributed by atoms with E-state index in [2.05, 4.69) is 37.1 Å². The molecule has 0 saturated carbocycles. The Balaban J connectivity index is 0.00000288. The molecule has 138 valence electrons. The normalized spacial score (nSPS) is 16.8. The highest BCUT2D eigenvalue weighted by Crippen LogP contribution is 2.19. The van der Waals surface area contributed by atoms with Crippen LogP contribution in [0.1, 0.15) is 32.0 Å². The first kappa shape index (κ1) is 21.1. The predicted molar refractivity (Wildman–Crippen MR) is 109 cm³/mol. The van der Waals surface area contributed by atoms with Gasteiger partial charge in [0.05, 0.1) is 6.54 Å². The smallest absolute Gasteiger partial charge is 0.193 e. The van der Waals surface area contributed by atoms with Crippen molar-refractivity contribution < 1.29 is 0 Å². The predicted octanol–water partition coefficient (Wildman–Crippen LogP) is 1.56. The van der Waals surface area contributed by atoms with Gasteiger partial charge in [-0.3, -0.25) is 9.67 Å². The molecule has 0 aliphatic carbocycles. The van der Waals surface area contributed by atoms with Gasteiger partial charge in [0.1, 0.15) is 12.2 Å². The van der Waals surface area contributed by atoms with E-state index < -0.39 is 0 Å². The van der Waals surface area contributed by atoms with Crippen LogP contribution in [-0.2, 0) is 13.6 Å². The molecule has 0 unspecified atom stereocenters. The molecule has 1 aliphatic rings. The monoisotopic (exact) mass is 449 g/mol. The topological polar surface area (TPSA) is 61.6 Å². The number of aryl methyl sites for hydroxylation is 1. The van der Waals surface area contributed by atoms with E-state index in [1.54, 1.807) is 11.0 Å². The number of hydrogen-bond donors (Lipinski definition) is 1. The maximum atomic E-state index is 4.37. The lowest BCUT2D eigenvalue weighted by Crippen LogP contribution is -2.40. The summed E-state index contributed by atoms with van der Waals surface area (Å²) >= 11 is 0. The van der Waals surface area contributed by atoms with Crippen molar-refractivity contribution in [3.63, 3.8) is 0 Å². The van der Waals surface area contributed by atoms with Crippen LogP contribution in [0.25, 0.3) is 0 Å². The van der Waals surface area contributed by atoms with Gasteiger partial charge in [0.15, 0.2) is 5.96 Å². The lowest BCUT2D eigenvalue weighted by Gasteiger charge is -2.31. The van der Waals surface area contributed by atoms with E-state index in [9.17, 15) is 0 Å². The molecule has 1 saturated heterocycles. The Morgan fingerprint density at radius 1 is 1.42 bits per heavy atom. The summed E-state index contributed by atoms with van der Waals surface area (Å²) in [5.74, 6) is 2.69. The van der Waals surface area contributed by atoms with Crippen molar-refractivity contribution in [1.29, 1.82) is 0 Å². The zero-order valence-electron chi connectivity index (χ0n) is 15.4. The third kappa shape index (κ3) is 6.19. The second-order valence-electron chi connectivity index (χ2n) is 6.30. The highest BCUT2D eigenvalue weighted by Gasteiger charge is 2.18. The van der Waals surface area contributed by atoms with Crippen LogP contribution < -0.4 is 5.32 Å². The molecular formula is C16H32IN7. The molecular weight excluding hydrogens is 417 g/mol. The van der Waals surface area contributed by atoms with Crippen LogP contribution in [0.2, 0.25) is 0 Å². The summed E-state index contributed by atoms with van der Waals surface area (Å²) < 4.78 is 1.80. The zero-order chi connectivity index (χ0) is 16.7. The first-order valence-electron chi connectivity index (χ1n) is 8.61. The Labute approximate surface area is 162 Å². The van der Waals surface area contributed by atoms with Gasteiger partial charge in [0, 0.05) is 27.7 Å². The van der Waals surface area contributed by atoms with Crippen LogP contribution in [0.4, 0.5) is 0 Å². The number of likely N-dealkylation sites (tertiary alicyclic amines) is 1. The molecule has 1 aromatic rings. The summed E-state index contributed by atoms with van der Waals surface area (Å²) in [6.45, 7) is 7.62. The largest absolute Gasteiger partial charge is 0.356 e. The fraction of sp³-hybridized carbons (Fsp3) is 0.812. The van der Waals surface area contributed by atoms with Crippen LogP contribution in [0.15, 0.2) is 11.3 Å². The molecule has 2 heterocycles. The summed E-state index contributed by atoms with van der Waals surface area (Å²) in [5, 5.41) is 7.58. The molecule has 0 bridgehead atoms. The number of halogens is 1. The number of aromatic nitrogens is 3. The fourth-order valence-corrected chi connectivity index (χ4v) is 3.11. The summed E-state index contributed by atoms with van der Waals surface area (Å²) in [7, 11) is 5.77. The SMILES string of the molecule is CCN1CCC(CCNC(=NC)N(C)Cc2ncnn2C)CC1.I. The first-order chi connectivity index (χ1) is 11.1. The maximum Gasteiger partial charge on any atom is 0.193 e. The number of nitrogens with zero attached hydrogens (tertiary/aromatic N) is 6. The Morgan fingerprint density at radius 3 is 2.67 bits per heavy atom. The molecule has 8 heteroatoms. The van der Waals surface area contributed by atoms with Crippen LogP contribution in [0, 0.1) is 5.92 Å². The molecule has 0 aromatic carbocycles. The van der Waals surface area contributed by atoms with Crippen molar-refractivity contribution in [2.75, 3.05) is 40.3 Å². The van der Waals surface area contributed by atoms with E-state index in [4.69, 9.17) is 0 Å². The summed E-state index contributed by atoms with van der Waals surface area (Å²) in [6.07, 6.45) is 5.45. The molecule has 0 spiro atoms. The van der Waals surface area contributed by atoms with Gasteiger partial charge in [-0.1, -0.05) is 6.92 Å². The van der Waals surface area contributed by atoms with Crippen LogP contribution in [-0.4, -0.2) is 70.8 Å². The third-order valence-electron chi connectivity index (χ3n) is 4.75. The van der Waals surface area contributed by atoms with E-state index in [1.165, 1.54) is 38.9 Å². The lowest BCUT2D eigenvalue weighted by molar-refractivity contribution is 0.187. The molecule has 24 heavy (non-hydrogen) atoms. The molecule has 2 rings (SSSR count). The zero-order valence-corrected chi connectivity index (χ0v) is 17.7.